The smallest absolute Gasteiger partial charge is 0.416 e. The number of carbonyl (C=O) groups is 1. The van der Waals surface area contributed by atoms with Gasteiger partial charge in [-0.2, -0.15) is 13.2 Å². The minimum absolute atomic E-state index is 0.239. The number of rotatable bonds is 12. The summed E-state index contributed by atoms with van der Waals surface area (Å²) in [7, 11) is 6.18. The molecule has 2 saturated heterocycles. The molecule has 2 aliphatic heterocycles. The summed E-state index contributed by atoms with van der Waals surface area (Å²) in [6, 6.07) is 10.5. The first kappa shape index (κ1) is 36.7. The molecule has 2 unspecified atom stereocenters. The van der Waals surface area contributed by atoms with E-state index in [1.54, 1.807) is 7.11 Å². The van der Waals surface area contributed by atoms with E-state index in [0.29, 0.717) is 12.3 Å². The number of methoxy groups -OCH3 is 1. The number of likely N-dealkylation sites (tertiary alicyclic amines) is 2. The lowest BCUT2D eigenvalue weighted by atomic mass is 9.96. The van der Waals surface area contributed by atoms with Crippen LogP contribution in [0.1, 0.15) is 78.7 Å². The lowest BCUT2D eigenvalue weighted by Gasteiger charge is -2.37. The number of unbranched alkanes of at least 4 members (excludes halogenated alkanes) is 1. The molecule has 0 N–H and O–H groups in total. The fraction of sp³-hybridized carbons (Fsp3) is 0.618. The van der Waals surface area contributed by atoms with Crippen LogP contribution in [0.4, 0.5) is 13.2 Å². The second-order valence-electron chi connectivity index (χ2n) is 11.3. The molecule has 0 aliphatic carbocycles. The molecule has 0 saturated carbocycles. The number of fused-ring (bicyclic) bond motifs is 2. The first-order valence-corrected chi connectivity index (χ1v) is 15.4. The summed E-state index contributed by atoms with van der Waals surface area (Å²) in [6.45, 7) is 16.9. The van der Waals surface area contributed by atoms with Gasteiger partial charge >= 0.3 is 6.18 Å². The van der Waals surface area contributed by atoms with Crippen molar-refractivity contribution in [1.82, 2.24) is 14.7 Å². The summed E-state index contributed by atoms with van der Waals surface area (Å²) in [5.74, 6) is 1.05. The number of piperazine rings is 1. The van der Waals surface area contributed by atoms with Gasteiger partial charge in [0.05, 0.1) is 18.8 Å². The van der Waals surface area contributed by atoms with Gasteiger partial charge < -0.3 is 19.3 Å². The molecule has 242 valence electrons. The number of aldehydes is 1. The van der Waals surface area contributed by atoms with Crippen molar-refractivity contribution in [3.63, 3.8) is 0 Å². The van der Waals surface area contributed by atoms with E-state index in [0.717, 1.165) is 81.2 Å². The predicted molar refractivity (Wildman–Crippen MR) is 168 cm³/mol. The molecule has 0 radical (unpaired) electrons. The van der Waals surface area contributed by atoms with E-state index in [9.17, 15) is 18.0 Å². The maximum Gasteiger partial charge on any atom is 0.416 e. The molecule has 6 nitrogen and oxygen atoms in total. The highest BCUT2D eigenvalue weighted by atomic mass is 19.4. The van der Waals surface area contributed by atoms with Crippen molar-refractivity contribution >= 4 is 6.29 Å². The molecule has 0 spiro atoms. The molecule has 3 atom stereocenters. The van der Waals surface area contributed by atoms with Crippen LogP contribution in [0.2, 0.25) is 0 Å². The number of benzene rings is 2. The van der Waals surface area contributed by atoms with E-state index in [4.69, 9.17) is 9.47 Å². The average Bonchev–Trinajstić information content (AvgIpc) is 3.58. The molecular formula is C34H52F3N3O3. The van der Waals surface area contributed by atoms with Crippen molar-refractivity contribution in [2.24, 2.45) is 0 Å². The SMILES string of the molecule is CC.COCCN(C)CCCCOc1ccc([C@H](C)N2CC3CC2CN3C)c(C)c1C.O=Cc1ccc(C(F)(F)F)cc1. The molecule has 4 rings (SSSR count). The number of halogens is 3. The fourth-order valence-corrected chi connectivity index (χ4v) is 5.75. The first-order valence-electron chi connectivity index (χ1n) is 15.4. The summed E-state index contributed by atoms with van der Waals surface area (Å²) >= 11 is 0. The molecule has 2 heterocycles. The van der Waals surface area contributed by atoms with Gasteiger partial charge in [-0.05, 0) is 95.6 Å². The van der Waals surface area contributed by atoms with E-state index in [2.05, 4.69) is 61.7 Å². The van der Waals surface area contributed by atoms with E-state index < -0.39 is 11.7 Å². The zero-order valence-corrected chi connectivity index (χ0v) is 27.3. The molecule has 2 bridgehead atoms. The lowest BCUT2D eigenvalue weighted by Crippen LogP contribution is -2.45. The highest BCUT2D eigenvalue weighted by Crippen LogP contribution is 2.38. The molecule has 2 aliphatic rings. The standard InChI is InChI=1S/C24H41N3O2.C8H5F3O.C2H6/c1-18-19(2)24(29-13-8-7-11-25(4)12-14-28-6)10-9-23(18)20(3)27-17-21-15-22(27)16-26(21)5;9-8(10,11)7-3-1-6(5-12)2-4-7;1-2/h9-10,20-22H,7-8,11-17H2,1-6H3;1-5H;1-2H3/t20-,21?,22?;;/m0../s1. The zero-order chi connectivity index (χ0) is 32.2. The van der Waals surface area contributed by atoms with Crippen molar-refractivity contribution in [2.75, 3.05) is 60.6 Å². The Labute approximate surface area is 257 Å². The quantitative estimate of drug-likeness (QED) is 0.191. The van der Waals surface area contributed by atoms with Crippen molar-refractivity contribution < 1.29 is 27.4 Å². The van der Waals surface area contributed by atoms with Crippen LogP contribution in [0.3, 0.4) is 0 Å². The van der Waals surface area contributed by atoms with Gasteiger partial charge in [-0.3, -0.25) is 9.69 Å². The van der Waals surface area contributed by atoms with E-state index in [1.165, 1.54) is 36.2 Å². The Kier molecular flexibility index (Phi) is 15.2. The van der Waals surface area contributed by atoms with Crippen LogP contribution in [0.5, 0.6) is 5.75 Å². The second kappa shape index (κ2) is 17.7. The monoisotopic (exact) mass is 607 g/mol. The number of alkyl halides is 3. The molecule has 2 aromatic rings. The third-order valence-corrected chi connectivity index (χ3v) is 8.53. The molecule has 43 heavy (non-hydrogen) atoms. The number of hydrogen-bond acceptors (Lipinski definition) is 6. The maximum absolute atomic E-state index is 11.9. The first-order chi connectivity index (χ1) is 20.5. The molecule has 2 fully saturated rings. The Morgan fingerprint density at radius 1 is 0.977 bits per heavy atom. The lowest BCUT2D eigenvalue weighted by molar-refractivity contribution is -0.137. The predicted octanol–water partition coefficient (Wildman–Crippen LogP) is 7.03. The minimum Gasteiger partial charge on any atom is -0.493 e. The Morgan fingerprint density at radius 2 is 1.65 bits per heavy atom. The number of ether oxygens (including phenoxy) is 2. The Hall–Kier alpha value is -2.46. The minimum atomic E-state index is -4.33. The topological polar surface area (TPSA) is 45.3 Å². The fourth-order valence-electron chi connectivity index (χ4n) is 5.75. The van der Waals surface area contributed by atoms with Gasteiger partial charge in [-0.1, -0.05) is 32.0 Å². The summed E-state index contributed by atoms with van der Waals surface area (Å²) in [6.07, 6.45) is -0.264. The summed E-state index contributed by atoms with van der Waals surface area (Å²) < 4.78 is 47.1. The van der Waals surface area contributed by atoms with Crippen LogP contribution in [-0.4, -0.2) is 93.7 Å². The Bertz CT molecular complexity index is 1110. The van der Waals surface area contributed by atoms with Crippen molar-refractivity contribution in [2.45, 2.75) is 78.2 Å². The largest absolute Gasteiger partial charge is 0.493 e. The summed E-state index contributed by atoms with van der Waals surface area (Å²) in [5, 5.41) is 0. The van der Waals surface area contributed by atoms with Crippen LogP contribution in [0, 0.1) is 13.8 Å². The number of hydrogen-bond donors (Lipinski definition) is 0. The molecule has 0 amide bonds. The normalized spacial score (nSPS) is 19.0. The number of likely N-dealkylation sites (N-methyl/N-ethyl adjacent to an activating group) is 2. The van der Waals surface area contributed by atoms with Gasteiger partial charge in [0.15, 0.2) is 0 Å². The molecule has 9 heteroatoms. The molecule has 0 aromatic heterocycles. The van der Waals surface area contributed by atoms with E-state index >= 15 is 0 Å². The Morgan fingerprint density at radius 3 is 2.19 bits per heavy atom. The van der Waals surface area contributed by atoms with Crippen LogP contribution < -0.4 is 4.74 Å². The second-order valence-corrected chi connectivity index (χ2v) is 11.3. The highest BCUT2D eigenvalue weighted by Gasteiger charge is 2.43. The van der Waals surface area contributed by atoms with Gasteiger partial charge in [0.2, 0.25) is 0 Å². The van der Waals surface area contributed by atoms with Crippen molar-refractivity contribution in [3.05, 3.63) is 64.2 Å². The zero-order valence-electron chi connectivity index (χ0n) is 27.3. The Balaban J connectivity index is 0.000000385. The van der Waals surface area contributed by atoms with Crippen molar-refractivity contribution in [3.8, 4) is 5.75 Å². The van der Waals surface area contributed by atoms with Crippen LogP contribution in [0.25, 0.3) is 0 Å². The maximum atomic E-state index is 11.9. The van der Waals surface area contributed by atoms with E-state index in [-0.39, 0.29) is 5.56 Å². The van der Waals surface area contributed by atoms with Crippen molar-refractivity contribution in [1.29, 1.82) is 0 Å². The van der Waals surface area contributed by atoms with Gasteiger partial charge in [-0.15, -0.1) is 0 Å². The highest BCUT2D eigenvalue weighted by molar-refractivity contribution is 5.74. The van der Waals surface area contributed by atoms with Gasteiger partial charge in [-0.25, -0.2) is 0 Å². The van der Waals surface area contributed by atoms with Crippen LogP contribution in [0.15, 0.2) is 36.4 Å². The third-order valence-electron chi connectivity index (χ3n) is 8.53. The molecule has 2 aromatic carbocycles. The van der Waals surface area contributed by atoms with Gasteiger partial charge in [0, 0.05) is 50.4 Å². The molecular weight excluding hydrogens is 555 g/mol. The third kappa shape index (κ3) is 10.6. The summed E-state index contributed by atoms with van der Waals surface area (Å²) in [4.78, 5) is 17.6. The average molecular weight is 608 g/mol. The van der Waals surface area contributed by atoms with E-state index in [1.807, 2.05) is 13.8 Å². The number of carbonyl (C=O) groups excluding carboxylic acids is 1. The number of nitrogens with zero attached hydrogens (tertiary/aromatic N) is 3. The van der Waals surface area contributed by atoms with Gasteiger partial charge in [0.1, 0.15) is 12.0 Å². The van der Waals surface area contributed by atoms with Crippen LogP contribution >= 0.6 is 0 Å². The van der Waals surface area contributed by atoms with Crippen LogP contribution in [-0.2, 0) is 10.9 Å². The summed E-state index contributed by atoms with van der Waals surface area (Å²) in [5.41, 5.74) is 3.65. The van der Waals surface area contributed by atoms with Gasteiger partial charge in [0.25, 0.3) is 0 Å².